The van der Waals surface area contributed by atoms with E-state index in [4.69, 9.17) is 16.6 Å². The fraction of sp³-hybridized carbons (Fsp3) is 0.222. The Bertz CT molecular complexity index is 1400. The molecule has 1 saturated carbocycles. The maximum atomic E-state index is 13.7. The molecule has 0 saturated heterocycles. The van der Waals surface area contributed by atoms with Crippen molar-refractivity contribution in [3.8, 4) is 22.7 Å². The summed E-state index contributed by atoms with van der Waals surface area (Å²) in [5, 5.41) is 3.73. The number of nitrogens with zero attached hydrogens (tertiary/aromatic N) is 2. The van der Waals surface area contributed by atoms with Crippen LogP contribution in [0.15, 0.2) is 77.4 Å². The number of nitrogens with one attached hydrogen (secondary N) is 2. The summed E-state index contributed by atoms with van der Waals surface area (Å²) in [5.41, 5.74) is 4.57. The second-order valence-corrected chi connectivity index (χ2v) is 9.30. The van der Waals surface area contributed by atoms with Crippen LogP contribution in [-0.4, -0.2) is 21.5 Å². The van der Waals surface area contributed by atoms with E-state index in [0.29, 0.717) is 16.1 Å². The number of anilines is 2. The minimum atomic E-state index is -0.397. The first-order chi connectivity index (χ1) is 16.6. The molecule has 3 heterocycles. The molecule has 2 aliphatic rings. The van der Waals surface area contributed by atoms with E-state index in [2.05, 4.69) is 15.3 Å². The topological polar surface area (TPSA) is 74.2 Å². The van der Waals surface area contributed by atoms with E-state index in [9.17, 15) is 4.79 Å². The Balaban J connectivity index is 1.39. The number of aromatic nitrogens is 2. The lowest BCUT2D eigenvalue weighted by Gasteiger charge is -2.50. The largest absolute Gasteiger partial charge is 0.463 e. The molecule has 0 radical (unpaired) electrons. The van der Waals surface area contributed by atoms with Crippen LogP contribution >= 0.6 is 12.2 Å². The van der Waals surface area contributed by atoms with Crippen LogP contribution in [0.3, 0.4) is 0 Å². The van der Waals surface area contributed by atoms with Gasteiger partial charge in [-0.2, -0.15) is 0 Å². The molecule has 0 atom stereocenters. The van der Waals surface area contributed by atoms with Gasteiger partial charge in [0.25, 0.3) is 5.91 Å². The van der Waals surface area contributed by atoms with Crippen molar-refractivity contribution in [1.29, 1.82) is 0 Å². The summed E-state index contributed by atoms with van der Waals surface area (Å²) in [6.07, 6.45) is 6.87. The van der Waals surface area contributed by atoms with E-state index >= 15 is 0 Å². The maximum absolute atomic E-state index is 13.7. The lowest BCUT2D eigenvalue weighted by atomic mass is 9.84. The van der Waals surface area contributed by atoms with Crippen LogP contribution in [0.5, 0.6) is 0 Å². The summed E-state index contributed by atoms with van der Waals surface area (Å²) >= 11 is 5.35. The van der Waals surface area contributed by atoms with Gasteiger partial charge in [-0.3, -0.25) is 9.69 Å². The number of hydrogen-bond donors (Lipinski definition) is 2. The first kappa shape index (κ1) is 20.9. The molecule has 6 rings (SSSR count). The summed E-state index contributed by atoms with van der Waals surface area (Å²) < 4.78 is 5.90. The number of hydrogen-bond acceptors (Lipinski definition) is 5. The molecule has 170 valence electrons. The van der Waals surface area contributed by atoms with Gasteiger partial charge in [0.2, 0.25) is 0 Å². The van der Waals surface area contributed by atoms with Gasteiger partial charge in [-0.15, -0.1) is 0 Å². The molecule has 1 fully saturated rings. The quantitative estimate of drug-likeness (QED) is 0.324. The molecule has 2 N–H and O–H groups in total. The Labute approximate surface area is 202 Å². The van der Waals surface area contributed by atoms with E-state index in [1.54, 1.807) is 6.26 Å². The number of benzene rings is 2. The summed E-state index contributed by atoms with van der Waals surface area (Å²) in [6.45, 7) is 0. The summed E-state index contributed by atoms with van der Waals surface area (Å²) in [6, 6.07) is 21.5. The SMILES string of the molecule is O=C1c2ccccc2NC2(CCCCC2)N1c1ccc(-c2cc(-c3ccco3)[nH]c(=S)n2)cc1. The Hall–Kier alpha value is -3.71. The number of H-pyrrole nitrogens is 1. The van der Waals surface area contributed by atoms with E-state index in [1.807, 2.05) is 71.6 Å². The van der Waals surface area contributed by atoms with Crippen LogP contribution in [0.2, 0.25) is 0 Å². The molecular weight excluding hydrogens is 444 g/mol. The first-order valence-electron chi connectivity index (χ1n) is 11.6. The molecule has 0 unspecified atom stereocenters. The zero-order chi connectivity index (χ0) is 23.1. The summed E-state index contributed by atoms with van der Waals surface area (Å²) in [7, 11) is 0. The van der Waals surface area contributed by atoms with Gasteiger partial charge in [-0.05, 0) is 80.4 Å². The number of rotatable bonds is 3. The highest BCUT2D eigenvalue weighted by Gasteiger charge is 2.45. The number of furan rings is 1. The zero-order valence-corrected chi connectivity index (χ0v) is 19.4. The van der Waals surface area contributed by atoms with Gasteiger partial charge in [0, 0.05) is 16.9 Å². The molecule has 1 amide bonds. The second kappa shape index (κ2) is 8.25. The minimum absolute atomic E-state index is 0.0457. The fourth-order valence-corrected chi connectivity index (χ4v) is 5.41. The highest BCUT2D eigenvalue weighted by atomic mass is 32.1. The van der Waals surface area contributed by atoms with Crippen LogP contribution in [0.1, 0.15) is 42.5 Å². The monoisotopic (exact) mass is 468 g/mol. The molecule has 1 aliphatic heterocycles. The average molecular weight is 469 g/mol. The normalized spacial score (nSPS) is 16.8. The number of para-hydroxylation sites is 1. The van der Waals surface area contributed by atoms with Gasteiger partial charge in [0.05, 0.1) is 23.2 Å². The van der Waals surface area contributed by atoms with Crippen LogP contribution in [0, 0.1) is 4.77 Å². The van der Waals surface area contributed by atoms with Crippen LogP contribution in [-0.2, 0) is 0 Å². The molecule has 2 aromatic heterocycles. The predicted molar refractivity (Wildman–Crippen MR) is 135 cm³/mol. The van der Waals surface area contributed by atoms with Gasteiger partial charge in [0.1, 0.15) is 11.4 Å². The van der Waals surface area contributed by atoms with Gasteiger partial charge in [-0.25, -0.2) is 4.98 Å². The molecule has 2 aromatic carbocycles. The van der Waals surface area contributed by atoms with Crippen molar-refractivity contribution >= 4 is 29.5 Å². The van der Waals surface area contributed by atoms with Crippen molar-refractivity contribution in [1.82, 2.24) is 9.97 Å². The molecule has 7 heteroatoms. The van der Waals surface area contributed by atoms with E-state index in [0.717, 1.165) is 54.0 Å². The summed E-state index contributed by atoms with van der Waals surface area (Å²) in [4.78, 5) is 23.3. The van der Waals surface area contributed by atoms with Crippen molar-refractivity contribution in [3.05, 3.63) is 83.3 Å². The van der Waals surface area contributed by atoms with Gasteiger partial charge in [-0.1, -0.05) is 30.7 Å². The third-order valence-electron chi connectivity index (χ3n) is 6.79. The Kier molecular flexibility index (Phi) is 5.07. The zero-order valence-electron chi connectivity index (χ0n) is 18.6. The van der Waals surface area contributed by atoms with Crippen molar-refractivity contribution < 1.29 is 9.21 Å². The molecule has 1 aliphatic carbocycles. The first-order valence-corrected chi connectivity index (χ1v) is 12.0. The molecular formula is C27H24N4O2S. The number of amides is 1. The second-order valence-electron chi connectivity index (χ2n) is 8.91. The van der Waals surface area contributed by atoms with Crippen LogP contribution < -0.4 is 10.2 Å². The molecule has 6 nitrogen and oxygen atoms in total. The fourth-order valence-electron chi connectivity index (χ4n) is 5.20. The van der Waals surface area contributed by atoms with Gasteiger partial charge >= 0.3 is 0 Å². The lowest BCUT2D eigenvalue weighted by Crippen LogP contribution is -2.61. The van der Waals surface area contributed by atoms with Gasteiger partial charge < -0.3 is 14.7 Å². The molecule has 1 spiro atoms. The van der Waals surface area contributed by atoms with Crippen molar-refractivity contribution in [2.24, 2.45) is 0 Å². The minimum Gasteiger partial charge on any atom is -0.463 e. The molecule has 34 heavy (non-hydrogen) atoms. The number of carbonyl (C=O) groups is 1. The smallest absolute Gasteiger partial charge is 0.262 e. The van der Waals surface area contributed by atoms with Crippen molar-refractivity contribution in [2.45, 2.75) is 37.8 Å². The number of carbonyl (C=O) groups excluding carboxylic acids is 1. The van der Waals surface area contributed by atoms with Crippen molar-refractivity contribution in [2.75, 3.05) is 10.2 Å². The third-order valence-corrected chi connectivity index (χ3v) is 6.98. The standard InChI is InChI=1S/C27H24N4O2S/c32-25-20-7-2-3-8-21(20)30-27(14-4-1-5-15-27)31(25)19-12-10-18(11-13-19)22-17-23(29-26(34)28-22)24-9-6-16-33-24/h2-3,6-13,16-17,30H,1,4-5,14-15H2,(H,28,29,34). The summed E-state index contributed by atoms with van der Waals surface area (Å²) in [5.74, 6) is 0.749. The number of aromatic amines is 1. The average Bonchev–Trinajstić information content (AvgIpc) is 3.40. The van der Waals surface area contributed by atoms with Gasteiger partial charge in [0.15, 0.2) is 4.77 Å². The molecule has 4 aromatic rings. The Morgan fingerprint density at radius 3 is 2.53 bits per heavy atom. The highest BCUT2D eigenvalue weighted by Crippen LogP contribution is 2.43. The van der Waals surface area contributed by atoms with Crippen molar-refractivity contribution in [3.63, 3.8) is 0 Å². The predicted octanol–water partition coefficient (Wildman–Crippen LogP) is 6.80. The van der Waals surface area contributed by atoms with Crippen LogP contribution in [0.4, 0.5) is 11.4 Å². The van der Waals surface area contributed by atoms with E-state index in [1.165, 1.54) is 6.42 Å². The lowest BCUT2D eigenvalue weighted by molar-refractivity contribution is 0.0938. The molecule has 0 bridgehead atoms. The van der Waals surface area contributed by atoms with E-state index in [-0.39, 0.29) is 5.91 Å². The van der Waals surface area contributed by atoms with E-state index < -0.39 is 5.66 Å². The Morgan fingerprint density at radius 1 is 0.971 bits per heavy atom. The number of fused-ring (bicyclic) bond motifs is 1. The van der Waals surface area contributed by atoms with Crippen LogP contribution in [0.25, 0.3) is 22.7 Å². The Morgan fingerprint density at radius 2 is 1.76 bits per heavy atom. The highest BCUT2D eigenvalue weighted by molar-refractivity contribution is 7.71. The third kappa shape index (κ3) is 3.53. The maximum Gasteiger partial charge on any atom is 0.262 e.